The van der Waals surface area contributed by atoms with Gasteiger partial charge in [-0.2, -0.15) is 0 Å². The van der Waals surface area contributed by atoms with Gasteiger partial charge in [-0.1, -0.05) is 29.8 Å². The Bertz CT molecular complexity index is 757. The molecule has 1 aromatic carbocycles. The SMILES string of the molecule is Cc1ccc(C(=O)C(=O)NC2CCN(C(=O)c3ccoc3)CC2)cc1. The van der Waals surface area contributed by atoms with Crippen LogP contribution in [0.25, 0.3) is 0 Å². The Morgan fingerprint density at radius 3 is 2.32 bits per heavy atom. The molecule has 0 bridgehead atoms. The monoisotopic (exact) mass is 340 g/mol. The number of furan rings is 1. The average Bonchev–Trinajstić information content (AvgIpc) is 3.16. The molecule has 0 radical (unpaired) electrons. The van der Waals surface area contributed by atoms with Gasteiger partial charge in [0.05, 0.1) is 11.8 Å². The van der Waals surface area contributed by atoms with Crippen molar-refractivity contribution < 1.29 is 18.8 Å². The Kier molecular flexibility index (Phi) is 4.97. The number of nitrogens with one attached hydrogen (secondary N) is 1. The van der Waals surface area contributed by atoms with Gasteiger partial charge in [-0.25, -0.2) is 0 Å². The lowest BCUT2D eigenvalue weighted by Crippen LogP contribution is -2.48. The molecule has 2 aromatic rings. The number of amides is 2. The molecule has 1 aliphatic heterocycles. The summed E-state index contributed by atoms with van der Waals surface area (Å²) in [4.78, 5) is 38.3. The first-order valence-electron chi connectivity index (χ1n) is 8.28. The molecule has 25 heavy (non-hydrogen) atoms. The smallest absolute Gasteiger partial charge is 0.292 e. The molecule has 0 saturated carbocycles. The summed E-state index contributed by atoms with van der Waals surface area (Å²) in [5, 5.41) is 2.78. The Morgan fingerprint density at radius 2 is 1.72 bits per heavy atom. The predicted molar refractivity (Wildman–Crippen MR) is 91.3 cm³/mol. The van der Waals surface area contributed by atoms with E-state index >= 15 is 0 Å². The molecule has 3 rings (SSSR count). The highest BCUT2D eigenvalue weighted by Gasteiger charge is 2.26. The number of piperidine rings is 1. The van der Waals surface area contributed by atoms with Gasteiger partial charge in [-0.3, -0.25) is 14.4 Å². The summed E-state index contributed by atoms with van der Waals surface area (Å²) >= 11 is 0. The normalized spacial score (nSPS) is 15.0. The molecule has 6 nitrogen and oxygen atoms in total. The quantitative estimate of drug-likeness (QED) is 0.683. The van der Waals surface area contributed by atoms with E-state index in [1.807, 2.05) is 6.92 Å². The van der Waals surface area contributed by atoms with Gasteiger partial charge in [-0.05, 0) is 25.8 Å². The van der Waals surface area contributed by atoms with Gasteiger partial charge in [0.25, 0.3) is 11.8 Å². The van der Waals surface area contributed by atoms with Gasteiger partial charge < -0.3 is 14.6 Å². The highest BCUT2D eigenvalue weighted by Crippen LogP contribution is 2.15. The predicted octanol–water partition coefficient (Wildman–Crippen LogP) is 2.19. The Hall–Kier alpha value is -2.89. The van der Waals surface area contributed by atoms with Crippen LogP contribution in [0.15, 0.2) is 47.3 Å². The van der Waals surface area contributed by atoms with Crippen LogP contribution in [0.2, 0.25) is 0 Å². The van der Waals surface area contributed by atoms with E-state index in [0.29, 0.717) is 37.1 Å². The number of ketones is 1. The Morgan fingerprint density at radius 1 is 1.04 bits per heavy atom. The number of nitrogens with zero attached hydrogens (tertiary/aromatic N) is 1. The van der Waals surface area contributed by atoms with Crippen molar-refractivity contribution in [2.75, 3.05) is 13.1 Å². The third-order valence-electron chi connectivity index (χ3n) is 4.41. The summed E-state index contributed by atoms with van der Waals surface area (Å²) in [6, 6.07) is 8.46. The van der Waals surface area contributed by atoms with Crippen molar-refractivity contribution >= 4 is 17.6 Å². The van der Waals surface area contributed by atoms with E-state index < -0.39 is 11.7 Å². The molecule has 1 aromatic heterocycles. The number of hydrogen-bond donors (Lipinski definition) is 1. The first-order valence-corrected chi connectivity index (χ1v) is 8.28. The fourth-order valence-corrected chi connectivity index (χ4v) is 2.88. The standard InChI is InChI=1S/C19H20N2O4/c1-13-2-4-14(5-3-13)17(22)18(23)20-16-6-9-21(10-7-16)19(24)15-8-11-25-12-15/h2-5,8,11-12,16H,6-7,9-10H2,1H3,(H,20,23). The summed E-state index contributed by atoms with van der Waals surface area (Å²) in [7, 11) is 0. The van der Waals surface area contributed by atoms with Gasteiger partial charge in [-0.15, -0.1) is 0 Å². The van der Waals surface area contributed by atoms with Gasteiger partial charge in [0.2, 0.25) is 5.78 Å². The third-order valence-corrected chi connectivity index (χ3v) is 4.41. The fraction of sp³-hybridized carbons (Fsp3) is 0.316. The number of carbonyl (C=O) groups excluding carboxylic acids is 3. The summed E-state index contributed by atoms with van der Waals surface area (Å²) < 4.78 is 4.93. The minimum Gasteiger partial charge on any atom is -0.472 e. The van der Waals surface area contributed by atoms with Crippen molar-refractivity contribution in [3.63, 3.8) is 0 Å². The van der Waals surface area contributed by atoms with Crippen molar-refractivity contribution in [2.45, 2.75) is 25.8 Å². The van der Waals surface area contributed by atoms with Crippen LogP contribution in [-0.2, 0) is 4.79 Å². The number of aryl methyl sites for hydroxylation is 1. The Labute approximate surface area is 145 Å². The molecule has 0 unspecified atom stereocenters. The number of Topliss-reactive ketones (excluding diaryl/α,β-unsaturated/α-hetero) is 1. The van der Waals surface area contributed by atoms with E-state index in [2.05, 4.69) is 5.32 Å². The second-order valence-electron chi connectivity index (χ2n) is 6.25. The molecule has 1 saturated heterocycles. The number of likely N-dealkylation sites (tertiary alicyclic amines) is 1. The number of benzene rings is 1. The van der Waals surface area contributed by atoms with Crippen LogP contribution in [0.4, 0.5) is 0 Å². The third kappa shape index (κ3) is 3.96. The first kappa shape index (κ1) is 17.0. The van der Waals surface area contributed by atoms with Crippen LogP contribution in [0, 0.1) is 6.92 Å². The molecular weight excluding hydrogens is 320 g/mol. The summed E-state index contributed by atoms with van der Waals surface area (Å²) in [5.41, 5.74) is 1.94. The zero-order valence-corrected chi connectivity index (χ0v) is 14.0. The molecule has 6 heteroatoms. The summed E-state index contributed by atoms with van der Waals surface area (Å²) in [6.45, 7) is 2.99. The van der Waals surface area contributed by atoms with Gasteiger partial charge in [0.15, 0.2) is 0 Å². The van der Waals surface area contributed by atoms with E-state index in [9.17, 15) is 14.4 Å². The molecule has 130 valence electrons. The highest BCUT2D eigenvalue weighted by atomic mass is 16.3. The minimum absolute atomic E-state index is 0.0748. The lowest BCUT2D eigenvalue weighted by Gasteiger charge is -2.32. The van der Waals surface area contributed by atoms with Crippen LogP contribution in [0.3, 0.4) is 0 Å². The van der Waals surface area contributed by atoms with Crippen LogP contribution in [-0.4, -0.2) is 41.6 Å². The lowest BCUT2D eigenvalue weighted by molar-refractivity contribution is -0.117. The van der Waals surface area contributed by atoms with Gasteiger partial charge in [0.1, 0.15) is 6.26 Å². The second kappa shape index (κ2) is 7.34. The molecule has 0 spiro atoms. The molecular formula is C19H20N2O4. The zero-order chi connectivity index (χ0) is 17.8. The maximum absolute atomic E-state index is 12.2. The van der Waals surface area contributed by atoms with Crippen LogP contribution < -0.4 is 5.32 Å². The van der Waals surface area contributed by atoms with Crippen molar-refractivity contribution in [1.82, 2.24) is 10.2 Å². The topological polar surface area (TPSA) is 79.6 Å². The van der Waals surface area contributed by atoms with Crippen molar-refractivity contribution in [1.29, 1.82) is 0 Å². The zero-order valence-electron chi connectivity index (χ0n) is 14.0. The van der Waals surface area contributed by atoms with Crippen LogP contribution in [0.1, 0.15) is 39.1 Å². The van der Waals surface area contributed by atoms with Crippen molar-refractivity contribution in [3.8, 4) is 0 Å². The van der Waals surface area contributed by atoms with E-state index in [0.717, 1.165) is 5.56 Å². The summed E-state index contributed by atoms with van der Waals surface area (Å²) in [6.07, 6.45) is 4.14. The molecule has 2 amide bonds. The lowest BCUT2D eigenvalue weighted by atomic mass is 10.0. The maximum atomic E-state index is 12.2. The van der Waals surface area contributed by atoms with Crippen LogP contribution >= 0.6 is 0 Å². The number of carbonyl (C=O) groups is 3. The van der Waals surface area contributed by atoms with Crippen molar-refractivity contribution in [2.24, 2.45) is 0 Å². The van der Waals surface area contributed by atoms with Crippen LogP contribution in [0.5, 0.6) is 0 Å². The molecule has 0 aliphatic carbocycles. The van der Waals surface area contributed by atoms with Gasteiger partial charge in [0, 0.05) is 24.7 Å². The maximum Gasteiger partial charge on any atom is 0.292 e. The molecule has 1 fully saturated rings. The molecule has 1 aliphatic rings. The average molecular weight is 340 g/mol. The number of rotatable bonds is 4. The second-order valence-corrected chi connectivity index (χ2v) is 6.25. The van der Waals surface area contributed by atoms with Gasteiger partial charge >= 0.3 is 0 Å². The largest absolute Gasteiger partial charge is 0.472 e. The first-order chi connectivity index (χ1) is 12.0. The van der Waals surface area contributed by atoms with E-state index in [1.165, 1.54) is 12.5 Å². The minimum atomic E-state index is -0.594. The summed E-state index contributed by atoms with van der Waals surface area (Å²) in [5.74, 6) is -1.20. The fourth-order valence-electron chi connectivity index (χ4n) is 2.88. The molecule has 2 heterocycles. The van der Waals surface area contributed by atoms with E-state index in [4.69, 9.17) is 4.42 Å². The Balaban J connectivity index is 1.51. The van der Waals surface area contributed by atoms with E-state index in [1.54, 1.807) is 35.2 Å². The van der Waals surface area contributed by atoms with Crippen molar-refractivity contribution in [3.05, 3.63) is 59.5 Å². The molecule has 1 N–H and O–H groups in total. The number of hydrogen-bond acceptors (Lipinski definition) is 4. The highest BCUT2D eigenvalue weighted by molar-refractivity contribution is 6.42. The molecule has 0 atom stereocenters. The van der Waals surface area contributed by atoms with E-state index in [-0.39, 0.29) is 11.9 Å².